The van der Waals surface area contributed by atoms with E-state index >= 15 is 0 Å². The van der Waals surface area contributed by atoms with Crippen LogP contribution in [0.3, 0.4) is 0 Å². The van der Waals surface area contributed by atoms with E-state index in [4.69, 9.17) is 5.73 Å². The number of fused-ring (bicyclic) bond motifs is 1. The Balaban J connectivity index is 2.29. The normalized spacial score (nSPS) is 12.4. The standard InChI is InChI=1S/C14H16N2O2/c1-9-3-4-11-7-10(5-6-13(11)16-9)12(15)8-14(17)18-2/h3-7,12H,8,15H2,1-2H3/t12-/m0/s1. The largest absolute Gasteiger partial charge is 0.469 e. The number of rotatable bonds is 3. The monoisotopic (exact) mass is 244 g/mol. The first-order valence-corrected chi connectivity index (χ1v) is 5.80. The fourth-order valence-corrected chi connectivity index (χ4v) is 1.86. The average Bonchev–Trinajstić information content (AvgIpc) is 2.37. The number of esters is 1. The van der Waals surface area contributed by atoms with Crippen molar-refractivity contribution in [1.82, 2.24) is 4.98 Å². The third kappa shape index (κ3) is 2.65. The molecule has 94 valence electrons. The summed E-state index contributed by atoms with van der Waals surface area (Å²) in [5, 5.41) is 1.03. The molecule has 1 atom stereocenters. The summed E-state index contributed by atoms with van der Waals surface area (Å²) in [7, 11) is 1.36. The number of benzene rings is 1. The Hall–Kier alpha value is -1.94. The SMILES string of the molecule is COC(=O)C[C@H](N)c1ccc2nc(C)ccc2c1. The quantitative estimate of drug-likeness (QED) is 0.840. The van der Waals surface area contributed by atoms with E-state index in [1.54, 1.807) is 0 Å². The van der Waals surface area contributed by atoms with Crippen molar-refractivity contribution in [3.05, 3.63) is 41.6 Å². The number of methoxy groups -OCH3 is 1. The smallest absolute Gasteiger partial charge is 0.307 e. The number of aryl methyl sites for hydroxylation is 1. The van der Waals surface area contributed by atoms with E-state index in [0.717, 1.165) is 22.2 Å². The molecule has 1 aromatic heterocycles. The fraction of sp³-hybridized carbons (Fsp3) is 0.286. The number of pyridine rings is 1. The minimum atomic E-state index is -0.344. The molecule has 1 aromatic carbocycles. The summed E-state index contributed by atoms with van der Waals surface area (Å²) in [4.78, 5) is 15.6. The van der Waals surface area contributed by atoms with Crippen molar-refractivity contribution < 1.29 is 9.53 Å². The Labute approximate surface area is 106 Å². The molecular weight excluding hydrogens is 228 g/mol. The van der Waals surface area contributed by atoms with E-state index < -0.39 is 0 Å². The van der Waals surface area contributed by atoms with Gasteiger partial charge in [0.15, 0.2) is 0 Å². The highest BCUT2D eigenvalue weighted by molar-refractivity contribution is 5.80. The maximum atomic E-state index is 11.2. The van der Waals surface area contributed by atoms with Gasteiger partial charge in [0.05, 0.1) is 19.0 Å². The fourth-order valence-electron chi connectivity index (χ4n) is 1.86. The average molecular weight is 244 g/mol. The van der Waals surface area contributed by atoms with Crippen LogP contribution < -0.4 is 5.73 Å². The minimum absolute atomic E-state index is 0.182. The second-order valence-corrected chi connectivity index (χ2v) is 4.29. The molecule has 0 radical (unpaired) electrons. The molecule has 0 aliphatic heterocycles. The second-order valence-electron chi connectivity index (χ2n) is 4.29. The van der Waals surface area contributed by atoms with Gasteiger partial charge >= 0.3 is 5.97 Å². The molecule has 0 unspecified atom stereocenters. The number of hydrogen-bond donors (Lipinski definition) is 1. The van der Waals surface area contributed by atoms with Gasteiger partial charge in [-0.15, -0.1) is 0 Å². The summed E-state index contributed by atoms with van der Waals surface area (Å²) in [6.45, 7) is 1.95. The highest BCUT2D eigenvalue weighted by atomic mass is 16.5. The predicted molar refractivity (Wildman–Crippen MR) is 70.0 cm³/mol. The molecule has 2 N–H and O–H groups in total. The molecule has 0 aliphatic carbocycles. The van der Waals surface area contributed by atoms with E-state index in [9.17, 15) is 4.79 Å². The van der Waals surface area contributed by atoms with Crippen LogP contribution in [0, 0.1) is 6.92 Å². The molecule has 4 heteroatoms. The summed E-state index contributed by atoms with van der Waals surface area (Å²) in [6.07, 6.45) is 0.182. The van der Waals surface area contributed by atoms with Gasteiger partial charge in [-0.1, -0.05) is 12.1 Å². The summed E-state index contributed by atoms with van der Waals surface area (Å²) in [5.41, 5.74) is 8.80. The number of carbonyl (C=O) groups is 1. The van der Waals surface area contributed by atoms with Crippen molar-refractivity contribution in [1.29, 1.82) is 0 Å². The van der Waals surface area contributed by atoms with Gasteiger partial charge in [-0.3, -0.25) is 9.78 Å². The zero-order valence-electron chi connectivity index (χ0n) is 10.5. The molecule has 0 bridgehead atoms. The molecule has 0 saturated carbocycles. The van der Waals surface area contributed by atoms with Gasteiger partial charge in [0.2, 0.25) is 0 Å². The van der Waals surface area contributed by atoms with Gasteiger partial charge in [0.25, 0.3) is 0 Å². The van der Waals surface area contributed by atoms with Crippen molar-refractivity contribution in [2.75, 3.05) is 7.11 Å². The van der Waals surface area contributed by atoms with Crippen molar-refractivity contribution in [2.24, 2.45) is 5.73 Å². The van der Waals surface area contributed by atoms with Gasteiger partial charge in [0, 0.05) is 17.1 Å². The lowest BCUT2D eigenvalue weighted by molar-refractivity contribution is -0.141. The van der Waals surface area contributed by atoms with Crippen LogP contribution in [-0.4, -0.2) is 18.1 Å². The predicted octanol–water partition coefficient (Wildman–Crippen LogP) is 2.11. The van der Waals surface area contributed by atoms with E-state index in [2.05, 4.69) is 9.72 Å². The number of carbonyl (C=O) groups excluding carboxylic acids is 1. The number of nitrogens with zero attached hydrogens (tertiary/aromatic N) is 1. The summed E-state index contributed by atoms with van der Waals surface area (Å²) >= 11 is 0. The van der Waals surface area contributed by atoms with Crippen molar-refractivity contribution in [2.45, 2.75) is 19.4 Å². The topological polar surface area (TPSA) is 65.2 Å². The molecule has 0 aliphatic rings. The third-order valence-electron chi connectivity index (χ3n) is 2.89. The Morgan fingerprint density at radius 1 is 1.39 bits per heavy atom. The molecule has 0 spiro atoms. The van der Waals surface area contributed by atoms with Crippen LogP contribution in [0.5, 0.6) is 0 Å². The highest BCUT2D eigenvalue weighted by Crippen LogP contribution is 2.20. The number of aromatic nitrogens is 1. The maximum Gasteiger partial charge on any atom is 0.307 e. The maximum absolute atomic E-state index is 11.2. The molecule has 1 heterocycles. The first kappa shape index (κ1) is 12.5. The zero-order chi connectivity index (χ0) is 13.1. The van der Waals surface area contributed by atoms with Crippen LogP contribution in [0.4, 0.5) is 0 Å². The van der Waals surface area contributed by atoms with Crippen molar-refractivity contribution in [3.63, 3.8) is 0 Å². The lowest BCUT2D eigenvalue weighted by Crippen LogP contribution is -2.16. The summed E-state index contributed by atoms with van der Waals surface area (Å²) in [5.74, 6) is -0.301. The first-order valence-electron chi connectivity index (χ1n) is 5.80. The van der Waals surface area contributed by atoms with Crippen LogP contribution in [0.25, 0.3) is 10.9 Å². The number of nitrogens with two attached hydrogens (primary N) is 1. The van der Waals surface area contributed by atoms with E-state index in [1.165, 1.54) is 7.11 Å². The van der Waals surface area contributed by atoms with Crippen LogP contribution in [0.2, 0.25) is 0 Å². The molecule has 4 nitrogen and oxygen atoms in total. The molecule has 0 amide bonds. The van der Waals surface area contributed by atoms with E-state index in [-0.39, 0.29) is 18.4 Å². The van der Waals surface area contributed by atoms with Crippen molar-refractivity contribution in [3.8, 4) is 0 Å². The van der Waals surface area contributed by atoms with Gasteiger partial charge in [0.1, 0.15) is 0 Å². The second kappa shape index (κ2) is 5.14. The van der Waals surface area contributed by atoms with E-state index in [0.29, 0.717) is 0 Å². The Bertz CT molecular complexity index is 581. The molecule has 18 heavy (non-hydrogen) atoms. The third-order valence-corrected chi connectivity index (χ3v) is 2.89. The first-order chi connectivity index (χ1) is 8.60. The lowest BCUT2D eigenvalue weighted by atomic mass is 10.0. The Kier molecular flexibility index (Phi) is 3.58. The minimum Gasteiger partial charge on any atom is -0.469 e. The zero-order valence-corrected chi connectivity index (χ0v) is 10.5. The van der Waals surface area contributed by atoms with Crippen LogP contribution >= 0.6 is 0 Å². The van der Waals surface area contributed by atoms with Crippen LogP contribution in [0.15, 0.2) is 30.3 Å². The van der Waals surface area contributed by atoms with Crippen LogP contribution in [0.1, 0.15) is 23.7 Å². The van der Waals surface area contributed by atoms with Gasteiger partial charge < -0.3 is 10.5 Å². The number of hydrogen-bond acceptors (Lipinski definition) is 4. The lowest BCUT2D eigenvalue weighted by Gasteiger charge is -2.11. The highest BCUT2D eigenvalue weighted by Gasteiger charge is 2.12. The number of ether oxygens (including phenoxy) is 1. The van der Waals surface area contributed by atoms with Gasteiger partial charge in [-0.2, -0.15) is 0 Å². The Morgan fingerprint density at radius 2 is 2.17 bits per heavy atom. The van der Waals surface area contributed by atoms with E-state index in [1.807, 2.05) is 37.3 Å². The summed E-state index contributed by atoms with van der Waals surface area (Å²) < 4.78 is 4.61. The molecule has 0 fully saturated rings. The Morgan fingerprint density at radius 3 is 2.89 bits per heavy atom. The molecular formula is C14H16N2O2. The van der Waals surface area contributed by atoms with Gasteiger partial charge in [-0.25, -0.2) is 0 Å². The summed E-state index contributed by atoms with van der Waals surface area (Å²) in [6, 6.07) is 9.42. The molecule has 0 saturated heterocycles. The van der Waals surface area contributed by atoms with Gasteiger partial charge in [-0.05, 0) is 30.7 Å². The molecule has 2 rings (SSSR count). The van der Waals surface area contributed by atoms with Crippen LogP contribution in [-0.2, 0) is 9.53 Å². The molecule has 2 aromatic rings. The van der Waals surface area contributed by atoms with Crippen molar-refractivity contribution >= 4 is 16.9 Å².